The summed E-state index contributed by atoms with van der Waals surface area (Å²) in [5.74, 6) is -2.02. The lowest BCUT2D eigenvalue weighted by molar-refractivity contribution is -0.146. The molecule has 108 valence electrons. The van der Waals surface area contributed by atoms with Crippen molar-refractivity contribution in [1.29, 1.82) is 0 Å². The second kappa shape index (κ2) is 6.90. The molecule has 1 aliphatic rings. The van der Waals surface area contributed by atoms with E-state index < -0.39 is 30.1 Å². The summed E-state index contributed by atoms with van der Waals surface area (Å²) in [6.45, 7) is 0.547. The first kappa shape index (κ1) is 15.2. The molecule has 0 aliphatic carbocycles. The Labute approximate surface area is 109 Å². The predicted molar refractivity (Wildman–Crippen MR) is 62.2 cm³/mol. The maximum Gasteiger partial charge on any atom is 0.332 e. The Morgan fingerprint density at radius 1 is 1.47 bits per heavy atom. The zero-order valence-electron chi connectivity index (χ0n) is 10.2. The number of ether oxygens (including phenoxy) is 1. The molecule has 1 aliphatic heterocycles. The molecular weight excluding hydrogens is 258 g/mol. The Bertz CT molecular complexity index is 361. The number of hydrogen-bond donors (Lipinski definition) is 4. The van der Waals surface area contributed by atoms with Crippen LogP contribution in [0.25, 0.3) is 0 Å². The van der Waals surface area contributed by atoms with E-state index in [1.807, 2.05) is 0 Å². The van der Waals surface area contributed by atoms with Crippen molar-refractivity contribution in [3.8, 4) is 0 Å². The molecule has 2 atom stereocenters. The monoisotopic (exact) mass is 275 g/mol. The van der Waals surface area contributed by atoms with Crippen LogP contribution in [0.15, 0.2) is 0 Å². The van der Waals surface area contributed by atoms with Gasteiger partial charge in [-0.15, -0.1) is 0 Å². The van der Waals surface area contributed by atoms with Crippen molar-refractivity contribution in [3.63, 3.8) is 0 Å². The van der Waals surface area contributed by atoms with Gasteiger partial charge in [-0.3, -0.25) is 4.79 Å². The van der Waals surface area contributed by atoms with Crippen LogP contribution in [0, 0.1) is 0 Å². The number of nitrogens with zero attached hydrogens (tertiary/aromatic N) is 1. The number of aliphatic carboxylic acids is 1. The zero-order chi connectivity index (χ0) is 14.4. The molecule has 19 heavy (non-hydrogen) atoms. The Morgan fingerprint density at radius 2 is 2.16 bits per heavy atom. The number of nitrogens with one attached hydrogen (secondary N) is 1. The third-order valence-electron chi connectivity index (χ3n) is 2.70. The molecule has 0 aromatic carbocycles. The van der Waals surface area contributed by atoms with Gasteiger partial charge in [-0.2, -0.15) is 0 Å². The molecule has 9 nitrogen and oxygen atoms in total. The van der Waals surface area contributed by atoms with E-state index in [1.54, 1.807) is 0 Å². The van der Waals surface area contributed by atoms with Gasteiger partial charge in [-0.25, -0.2) is 9.59 Å². The van der Waals surface area contributed by atoms with Gasteiger partial charge < -0.3 is 30.9 Å². The highest BCUT2D eigenvalue weighted by Gasteiger charge is 2.31. The lowest BCUT2D eigenvalue weighted by Crippen LogP contribution is -2.57. The van der Waals surface area contributed by atoms with E-state index in [2.05, 4.69) is 5.32 Å². The van der Waals surface area contributed by atoms with Crippen molar-refractivity contribution >= 4 is 17.9 Å². The number of morpholine rings is 1. The summed E-state index contributed by atoms with van der Waals surface area (Å²) in [6.07, 6.45) is -1.65. The van der Waals surface area contributed by atoms with Gasteiger partial charge >= 0.3 is 12.0 Å². The van der Waals surface area contributed by atoms with Gasteiger partial charge in [-0.1, -0.05) is 0 Å². The standard InChI is InChI=1S/C10H17N3O6/c11-8(15)6-5-19-4-3-13(6)10(18)12-2-1-7(14)9(16)17/h6-7,14H,1-5H2,(H2,11,15)(H,12,18)(H,16,17). The normalized spacial score (nSPS) is 20.7. The predicted octanol–water partition coefficient (Wildman–Crippen LogP) is -2.28. The molecular formula is C10H17N3O6. The summed E-state index contributed by atoms with van der Waals surface area (Å²) in [5.41, 5.74) is 5.15. The molecule has 9 heteroatoms. The van der Waals surface area contributed by atoms with Crippen LogP contribution in [0.3, 0.4) is 0 Å². The Hall–Kier alpha value is -1.87. The number of hydrogen-bond acceptors (Lipinski definition) is 5. The van der Waals surface area contributed by atoms with Gasteiger partial charge in [0.2, 0.25) is 5.91 Å². The number of aliphatic hydroxyl groups excluding tert-OH is 1. The largest absolute Gasteiger partial charge is 0.479 e. The number of aliphatic hydroxyl groups is 1. The van der Waals surface area contributed by atoms with Crippen LogP contribution < -0.4 is 11.1 Å². The minimum Gasteiger partial charge on any atom is -0.479 e. The quantitative estimate of drug-likeness (QED) is 0.445. The second-order valence-electron chi connectivity index (χ2n) is 4.06. The Kier molecular flexibility index (Phi) is 5.52. The molecule has 5 N–H and O–H groups in total. The van der Waals surface area contributed by atoms with Crippen LogP contribution >= 0.6 is 0 Å². The van der Waals surface area contributed by atoms with E-state index in [0.717, 1.165) is 0 Å². The van der Waals surface area contributed by atoms with Crippen molar-refractivity contribution in [3.05, 3.63) is 0 Å². The summed E-state index contributed by atoms with van der Waals surface area (Å²) < 4.78 is 5.06. The Morgan fingerprint density at radius 3 is 2.74 bits per heavy atom. The number of nitrogens with two attached hydrogens (primary N) is 1. The van der Waals surface area contributed by atoms with Crippen LogP contribution in [0.5, 0.6) is 0 Å². The molecule has 0 aromatic rings. The summed E-state index contributed by atoms with van der Waals surface area (Å²) in [4.78, 5) is 34.5. The lowest BCUT2D eigenvalue weighted by atomic mass is 10.2. The van der Waals surface area contributed by atoms with E-state index in [4.69, 9.17) is 20.7 Å². The van der Waals surface area contributed by atoms with Crippen LogP contribution in [0.1, 0.15) is 6.42 Å². The highest BCUT2D eigenvalue weighted by molar-refractivity contribution is 5.86. The third kappa shape index (κ3) is 4.38. The summed E-state index contributed by atoms with van der Waals surface area (Å²) >= 11 is 0. The zero-order valence-corrected chi connectivity index (χ0v) is 10.2. The van der Waals surface area contributed by atoms with Crippen molar-refractivity contribution < 1.29 is 29.3 Å². The van der Waals surface area contributed by atoms with Gasteiger partial charge in [0.25, 0.3) is 0 Å². The van der Waals surface area contributed by atoms with Crippen molar-refractivity contribution in [2.75, 3.05) is 26.3 Å². The molecule has 1 saturated heterocycles. The fraction of sp³-hybridized carbons (Fsp3) is 0.700. The van der Waals surface area contributed by atoms with Gasteiger partial charge in [0, 0.05) is 19.5 Å². The van der Waals surface area contributed by atoms with E-state index in [1.165, 1.54) is 4.90 Å². The van der Waals surface area contributed by atoms with Gasteiger partial charge in [0.05, 0.1) is 13.2 Å². The highest BCUT2D eigenvalue weighted by Crippen LogP contribution is 2.06. The van der Waals surface area contributed by atoms with Crippen LogP contribution in [-0.2, 0) is 14.3 Å². The number of amides is 3. The average Bonchev–Trinajstić information content (AvgIpc) is 2.38. The van der Waals surface area contributed by atoms with Crippen LogP contribution in [-0.4, -0.2) is 71.5 Å². The first-order valence-electron chi connectivity index (χ1n) is 5.76. The molecule has 0 saturated carbocycles. The molecule has 3 amide bonds. The molecule has 0 radical (unpaired) electrons. The number of carbonyl (C=O) groups is 3. The van der Waals surface area contributed by atoms with Gasteiger partial charge in [-0.05, 0) is 0 Å². The van der Waals surface area contributed by atoms with Gasteiger partial charge in [0.1, 0.15) is 6.04 Å². The smallest absolute Gasteiger partial charge is 0.332 e. The Balaban J connectivity index is 2.43. The number of primary amides is 1. The minimum atomic E-state index is -1.53. The van der Waals surface area contributed by atoms with Crippen molar-refractivity contribution in [2.45, 2.75) is 18.6 Å². The first-order chi connectivity index (χ1) is 8.93. The van der Waals surface area contributed by atoms with Crippen LogP contribution in [0.2, 0.25) is 0 Å². The summed E-state index contributed by atoms with van der Waals surface area (Å²) in [5, 5.41) is 19.9. The number of carboxylic acids is 1. The van der Waals surface area contributed by atoms with E-state index >= 15 is 0 Å². The first-order valence-corrected chi connectivity index (χ1v) is 5.76. The number of carbonyl (C=O) groups excluding carboxylic acids is 2. The van der Waals surface area contributed by atoms with Gasteiger partial charge in [0.15, 0.2) is 6.10 Å². The molecule has 1 rings (SSSR count). The summed E-state index contributed by atoms with van der Waals surface area (Å²) in [6, 6.07) is -1.37. The second-order valence-corrected chi connectivity index (χ2v) is 4.06. The highest BCUT2D eigenvalue weighted by atomic mass is 16.5. The molecule has 1 fully saturated rings. The number of rotatable bonds is 5. The van der Waals surface area contributed by atoms with Crippen LogP contribution in [0.4, 0.5) is 4.79 Å². The van der Waals surface area contributed by atoms with E-state index in [9.17, 15) is 14.4 Å². The maximum absolute atomic E-state index is 11.8. The van der Waals surface area contributed by atoms with E-state index in [-0.39, 0.29) is 26.1 Å². The topological polar surface area (TPSA) is 142 Å². The fourth-order valence-electron chi connectivity index (χ4n) is 1.62. The molecule has 0 spiro atoms. The minimum absolute atomic E-state index is 0.0187. The average molecular weight is 275 g/mol. The molecule has 2 unspecified atom stereocenters. The molecule has 0 bridgehead atoms. The van der Waals surface area contributed by atoms with Crippen molar-refractivity contribution in [1.82, 2.24) is 10.2 Å². The molecule has 1 heterocycles. The maximum atomic E-state index is 11.8. The number of carboxylic acid groups (broad SMARTS) is 1. The summed E-state index contributed by atoms with van der Waals surface area (Å²) in [7, 11) is 0. The van der Waals surface area contributed by atoms with Crippen molar-refractivity contribution in [2.24, 2.45) is 5.73 Å². The third-order valence-corrected chi connectivity index (χ3v) is 2.70. The van der Waals surface area contributed by atoms with E-state index in [0.29, 0.717) is 6.61 Å². The molecule has 0 aromatic heterocycles. The SMILES string of the molecule is NC(=O)C1COCCN1C(=O)NCCC(O)C(=O)O. The fourth-order valence-corrected chi connectivity index (χ4v) is 1.62. The number of urea groups is 1. The lowest BCUT2D eigenvalue weighted by Gasteiger charge is -2.33.